The number of hydrogen-bond acceptors (Lipinski definition) is 4. The van der Waals surface area contributed by atoms with Crippen molar-refractivity contribution in [1.82, 2.24) is 10.3 Å². The van der Waals surface area contributed by atoms with Crippen molar-refractivity contribution in [3.63, 3.8) is 0 Å². The van der Waals surface area contributed by atoms with Gasteiger partial charge in [-0.05, 0) is 50.7 Å². The summed E-state index contributed by atoms with van der Waals surface area (Å²) in [5.41, 5.74) is 1.37. The summed E-state index contributed by atoms with van der Waals surface area (Å²) in [6.45, 7) is 0.827. The Balaban J connectivity index is 2.11. The van der Waals surface area contributed by atoms with E-state index in [4.69, 9.17) is 0 Å². The highest BCUT2D eigenvalue weighted by Gasteiger charge is 2.11. The molecule has 1 heterocycles. The van der Waals surface area contributed by atoms with Gasteiger partial charge in [-0.2, -0.15) is 0 Å². The van der Waals surface area contributed by atoms with Gasteiger partial charge in [0.2, 0.25) is 10.0 Å². The van der Waals surface area contributed by atoms with E-state index < -0.39 is 10.0 Å². The molecule has 0 unspecified atom stereocenters. The topological polar surface area (TPSA) is 71.1 Å². The minimum Gasteiger partial charge on any atom is -0.320 e. The molecule has 0 atom stereocenters. The number of unbranched alkanes of at least 4 members (excludes halogenated alkanes) is 1. The summed E-state index contributed by atoms with van der Waals surface area (Å²) in [5.74, 6) is 0.130. The predicted molar refractivity (Wildman–Crippen MR) is 82.3 cm³/mol. The maximum atomic E-state index is 12.1. The van der Waals surface area contributed by atoms with Gasteiger partial charge in [0.1, 0.15) is 0 Å². The number of rotatable bonds is 7. The van der Waals surface area contributed by atoms with Crippen molar-refractivity contribution in [2.75, 3.05) is 24.1 Å². The van der Waals surface area contributed by atoms with Gasteiger partial charge in [0, 0.05) is 11.6 Å². The predicted octanol–water partition coefficient (Wildman–Crippen LogP) is 1.98. The third kappa shape index (κ3) is 3.91. The molecule has 0 aliphatic heterocycles. The lowest BCUT2D eigenvalue weighted by molar-refractivity contribution is 0.595. The van der Waals surface area contributed by atoms with Crippen LogP contribution in [0.2, 0.25) is 0 Å². The molecule has 0 aliphatic rings. The van der Waals surface area contributed by atoms with Crippen LogP contribution in [0.25, 0.3) is 10.9 Å². The number of anilines is 1. The van der Waals surface area contributed by atoms with Crippen molar-refractivity contribution in [3.8, 4) is 0 Å². The summed E-state index contributed by atoms with van der Waals surface area (Å²) >= 11 is 0. The van der Waals surface area contributed by atoms with Gasteiger partial charge in [-0.25, -0.2) is 8.42 Å². The van der Waals surface area contributed by atoms with Crippen molar-refractivity contribution < 1.29 is 8.42 Å². The van der Waals surface area contributed by atoms with E-state index in [-0.39, 0.29) is 5.75 Å². The largest absolute Gasteiger partial charge is 0.320 e. The summed E-state index contributed by atoms with van der Waals surface area (Å²) < 4.78 is 26.8. The zero-order valence-electron chi connectivity index (χ0n) is 11.5. The Labute approximate surface area is 119 Å². The van der Waals surface area contributed by atoms with E-state index in [9.17, 15) is 8.42 Å². The fourth-order valence-corrected chi connectivity index (χ4v) is 3.20. The van der Waals surface area contributed by atoms with Crippen LogP contribution in [0.4, 0.5) is 5.69 Å². The second-order valence-electron chi connectivity index (χ2n) is 4.61. The van der Waals surface area contributed by atoms with Crippen LogP contribution in [0.15, 0.2) is 36.5 Å². The van der Waals surface area contributed by atoms with E-state index in [1.807, 2.05) is 19.2 Å². The molecule has 2 aromatic rings. The smallest absolute Gasteiger partial charge is 0.232 e. The first-order valence-electron chi connectivity index (χ1n) is 6.61. The lowest BCUT2D eigenvalue weighted by Gasteiger charge is -2.10. The maximum absolute atomic E-state index is 12.1. The number of benzene rings is 1. The van der Waals surface area contributed by atoms with Gasteiger partial charge in [0.15, 0.2) is 0 Å². The number of aromatic nitrogens is 1. The van der Waals surface area contributed by atoms with Crippen molar-refractivity contribution >= 4 is 26.6 Å². The highest BCUT2D eigenvalue weighted by atomic mass is 32.2. The van der Waals surface area contributed by atoms with Crippen LogP contribution in [0.5, 0.6) is 0 Å². The minimum absolute atomic E-state index is 0.130. The first-order chi connectivity index (χ1) is 9.62. The van der Waals surface area contributed by atoms with Gasteiger partial charge in [-0.3, -0.25) is 9.71 Å². The average Bonchev–Trinajstić information content (AvgIpc) is 2.44. The van der Waals surface area contributed by atoms with E-state index in [1.54, 1.807) is 24.4 Å². The fraction of sp³-hybridized carbons (Fsp3) is 0.357. The lowest BCUT2D eigenvalue weighted by atomic mass is 10.2. The van der Waals surface area contributed by atoms with Gasteiger partial charge in [-0.1, -0.05) is 6.07 Å². The Morgan fingerprint density at radius 2 is 2.00 bits per heavy atom. The Morgan fingerprint density at radius 3 is 2.80 bits per heavy atom. The summed E-state index contributed by atoms with van der Waals surface area (Å²) in [6, 6.07) is 9.08. The molecule has 0 aliphatic carbocycles. The maximum Gasteiger partial charge on any atom is 0.232 e. The molecule has 1 aromatic heterocycles. The van der Waals surface area contributed by atoms with Crippen molar-refractivity contribution in [2.45, 2.75) is 12.8 Å². The average molecular weight is 293 g/mol. The molecule has 0 saturated carbocycles. The second-order valence-corrected chi connectivity index (χ2v) is 6.45. The van der Waals surface area contributed by atoms with Crippen LogP contribution in [0.1, 0.15) is 12.8 Å². The summed E-state index contributed by atoms with van der Waals surface area (Å²) in [5, 5.41) is 3.82. The van der Waals surface area contributed by atoms with Crippen molar-refractivity contribution in [3.05, 3.63) is 36.5 Å². The molecule has 20 heavy (non-hydrogen) atoms. The highest BCUT2D eigenvalue weighted by molar-refractivity contribution is 7.92. The number of sulfonamides is 1. The Hall–Kier alpha value is -1.66. The molecule has 2 rings (SSSR count). The monoisotopic (exact) mass is 293 g/mol. The Morgan fingerprint density at radius 1 is 1.15 bits per heavy atom. The zero-order chi connectivity index (χ0) is 14.4. The van der Waals surface area contributed by atoms with Crippen LogP contribution in [0.3, 0.4) is 0 Å². The van der Waals surface area contributed by atoms with Gasteiger partial charge in [-0.15, -0.1) is 0 Å². The quantitative estimate of drug-likeness (QED) is 0.766. The van der Waals surface area contributed by atoms with Gasteiger partial charge >= 0.3 is 0 Å². The van der Waals surface area contributed by atoms with Gasteiger partial charge in [0.25, 0.3) is 0 Å². The molecule has 0 saturated heterocycles. The minimum atomic E-state index is -3.31. The number of fused-ring (bicyclic) bond motifs is 1. The third-order valence-corrected chi connectivity index (χ3v) is 4.36. The molecule has 1 aromatic carbocycles. The molecular weight excluding hydrogens is 274 g/mol. The highest BCUT2D eigenvalue weighted by Crippen LogP contribution is 2.22. The van der Waals surface area contributed by atoms with E-state index >= 15 is 0 Å². The Kier molecular flexibility index (Phi) is 4.92. The molecule has 0 radical (unpaired) electrons. The van der Waals surface area contributed by atoms with Crippen molar-refractivity contribution in [1.29, 1.82) is 0 Å². The molecule has 108 valence electrons. The summed E-state index contributed by atoms with van der Waals surface area (Å²) in [6.07, 6.45) is 3.17. The molecule has 0 bridgehead atoms. The van der Waals surface area contributed by atoms with Gasteiger partial charge < -0.3 is 5.32 Å². The standard InChI is InChI=1S/C14H19N3O2S/c1-15-9-2-3-11-20(18,19)17-14-8-4-7-13-12(14)6-5-10-16-13/h4-8,10,15,17H,2-3,9,11H2,1H3. The molecule has 0 amide bonds. The summed E-state index contributed by atoms with van der Waals surface area (Å²) in [7, 11) is -1.46. The summed E-state index contributed by atoms with van der Waals surface area (Å²) in [4.78, 5) is 4.22. The van der Waals surface area contributed by atoms with Crippen LogP contribution in [-0.4, -0.2) is 32.7 Å². The van der Waals surface area contributed by atoms with Crippen LogP contribution in [0, 0.1) is 0 Å². The van der Waals surface area contributed by atoms with Crippen LogP contribution >= 0.6 is 0 Å². The van der Waals surface area contributed by atoms with E-state index in [0.717, 1.165) is 23.9 Å². The molecule has 2 N–H and O–H groups in total. The van der Waals surface area contributed by atoms with E-state index in [2.05, 4.69) is 15.0 Å². The second kappa shape index (κ2) is 6.67. The van der Waals surface area contributed by atoms with Crippen molar-refractivity contribution in [2.24, 2.45) is 0 Å². The molecule has 5 nitrogen and oxygen atoms in total. The third-order valence-electron chi connectivity index (χ3n) is 3.00. The van der Waals surface area contributed by atoms with Crippen LogP contribution in [-0.2, 0) is 10.0 Å². The molecule has 0 fully saturated rings. The normalized spacial score (nSPS) is 11.7. The molecule has 6 heteroatoms. The SMILES string of the molecule is CNCCCCS(=O)(=O)Nc1cccc2ncccc12. The molecule has 0 spiro atoms. The number of nitrogens with zero attached hydrogens (tertiary/aromatic N) is 1. The molecular formula is C14H19N3O2S. The first kappa shape index (κ1) is 14.7. The number of pyridine rings is 1. The zero-order valence-corrected chi connectivity index (χ0v) is 12.3. The van der Waals surface area contributed by atoms with Gasteiger partial charge in [0.05, 0.1) is 17.0 Å². The Bertz CT molecular complexity index is 666. The first-order valence-corrected chi connectivity index (χ1v) is 8.26. The van der Waals surface area contributed by atoms with E-state index in [0.29, 0.717) is 12.1 Å². The van der Waals surface area contributed by atoms with E-state index in [1.165, 1.54) is 0 Å². The fourth-order valence-electron chi connectivity index (χ4n) is 2.00. The lowest BCUT2D eigenvalue weighted by Crippen LogP contribution is -2.18. The van der Waals surface area contributed by atoms with Crippen LogP contribution < -0.4 is 10.0 Å². The number of hydrogen-bond donors (Lipinski definition) is 2. The number of nitrogens with one attached hydrogen (secondary N) is 2.